The first kappa shape index (κ1) is 13.9. The monoisotopic (exact) mass is 287 g/mol. The van der Waals surface area contributed by atoms with Crippen LogP contribution in [0.2, 0.25) is 0 Å². The van der Waals surface area contributed by atoms with Gasteiger partial charge in [-0.3, -0.25) is 9.59 Å². The van der Waals surface area contributed by atoms with Crippen molar-refractivity contribution in [3.05, 3.63) is 29.8 Å². The Labute approximate surface area is 124 Å². The van der Waals surface area contributed by atoms with E-state index in [1.54, 1.807) is 0 Å². The van der Waals surface area contributed by atoms with Crippen LogP contribution in [0.15, 0.2) is 24.3 Å². The van der Waals surface area contributed by atoms with E-state index in [4.69, 9.17) is 5.73 Å². The summed E-state index contributed by atoms with van der Waals surface area (Å²) in [5, 5.41) is 0. The summed E-state index contributed by atoms with van der Waals surface area (Å²) in [5.74, 6) is -0.380. The largest absolute Gasteiger partial charge is 0.369 e. The Morgan fingerprint density at radius 2 is 2.00 bits per heavy atom. The van der Waals surface area contributed by atoms with Crippen molar-refractivity contribution in [2.45, 2.75) is 31.7 Å². The fourth-order valence-electron chi connectivity index (χ4n) is 3.20. The quantitative estimate of drug-likeness (QED) is 0.905. The molecule has 0 aliphatic carbocycles. The molecule has 5 heteroatoms. The third-order valence-electron chi connectivity index (χ3n) is 4.59. The molecule has 2 aliphatic rings. The molecule has 3 rings (SSSR count). The second-order valence-electron chi connectivity index (χ2n) is 5.96. The molecule has 2 N–H and O–H groups in total. The van der Waals surface area contributed by atoms with Crippen molar-refractivity contribution < 1.29 is 9.59 Å². The van der Waals surface area contributed by atoms with Crippen LogP contribution < -0.4 is 10.6 Å². The van der Waals surface area contributed by atoms with Crippen molar-refractivity contribution in [2.24, 2.45) is 5.73 Å². The van der Waals surface area contributed by atoms with E-state index in [-0.39, 0.29) is 23.8 Å². The highest BCUT2D eigenvalue weighted by atomic mass is 16.2. The fraction of sp³-hybridized carbons (Fsp3) is 0.500. The number of fused-ring (bicyclic) bond motifs is 1. The van der Waals surface area contributed by atoms with Gasteiger partial charge in [-0.25, -0.2) is 0 Å². The lowest BCUT2D eigenvalue weighted by molar-refractivity contribution is -0.133. The summed E-state index contributed by atoms with van der Waals surface area (Å²) < 4.78 is 0. The molecule has 1 aromatic rings. The van der Waals surface area contributed by atoms with Crippen LogP contribution in [0.1, 0.15) is 31.2 Å². The van der Waals surface area contributed by atoms with E-state index in [0.29, 0.717) is 13.0 Å². The lowest BCUT2D eigenvalue weighted by Crippen LogP contribution is -2.51. The number of anilines is 1. The normalized spacial score (nSPS) is 24.2. The number of amides is 2. The minimum Gasteiger partial charge on any atom is -0.369 e. The van der Waals surface area contributed by atoms with Crippen LogP contribution >= 0.6 is 0 Å². The molecule has 112 valence electrons. The standard InChI is InChI=1S/C16H21N3O2/c1-11-9-13(16(17)21)12-5-2-3-6-14(12)19(11)10-15(20)18-7-4-8-18/h2-3,5-6,11,13H,4,7-10H2,1H3,(H2,17,21)/t11-,13+/m0/s1. The number of nitrogens with zero attached hydrogens (tertiary/aromatic N) is 2. The number of para-hydroxylation sites is 1. The number of likely N-dealkylation sites (tertiary alicyclic amines) is 1. The van der Waals surface area contributed by atoms with Crippen molar-refractivity contribution in [1.82, 2.24) is 4.90 Å². The van der Waals surface area contributed by atoms with Crippen LogP contribution in [0.5, 0.6) is 0 Å². The van der Waals surface area contributed by atoms with E-state index in [1.165, 1.54) is 0 Å². The first-order valence-electron chi connectivity index (χ1n) is 7.50. The number of primary amides is 1. The van der Waals surface area contributed by atoms with Crippen LogP contribution in [0.25, 0.3) is 0 Å². The first-order chi connectivity index (χ1) is 10.1. The Hall–Kier alpha value is -2.04. The predicted molar refractivity (Wildman–Crippen MR) is 81.0 cm³/mol. The van der Waals surface area contributed by atoms with Gasteiger partial charge in [0.25, 0.3) is 0 Å². The van der Waals surface area contributed by atoms with Gasteiger partial charge >= 0.3 is 0 Å². The molecular formula is C16H21N3O2. The number of hydrogen-bond donors (Lipinski definition) is 1. The molecule has 0 aromatic heterocycles. The third kappa shape index (κ3) is 2.48. The molecule has 0 saturated carbocycles. The van der Waals surface area contributed by atoms with Gasteiger partial charge in [0.1, 0.15) is 0 Å². The average Bonchev–Trinajstić information content (AvgIpc) is 2.39. The number of nitrogens with two attached hydrogens (primary N) is 1. The predicted octanol–water partition coefficient (Wildman–Crippen LogP) is 1.09. The van der Waals surface area contributed by atoms with E-state index < -0.39 is 0 Å². The van der Waals surface area contributed by atoms with Crippen LogP contribution in [0, 0.1) is 0 Å². The Morgan fingerprint density at radius 1 is 1.29 bits per heavy atom. The zero-order valence-corrected chi connectivity index (χ0v) is 12.3. The van der Waals surface area contributed by atoms with Crippen LogP contribution in [0.4, 0.5) is 5.69 Å². The number of carbonyl (C=O) groups excluding carboxylic acids is 2. The molecule has 0 bridgehead atoms. The second-order valence-corrected chi connectivity index (χ2v) is 5.96. The Kier molecular flexibility index (Phi) is 3.57. The zero-order valence-electron chi connectivity index (χ0n) is 12.3. The summed E-state index contributed by atoms with van der Waals surface area (Å²) in [7, 11) is 0. The van der Waals surface area contributed by atoms with Crippen LogP contribution in [0.3, 0.4) is 0 Å². The Morgan fingerprint density at radius 3 is 2.62 bits per heavy atom. The van der Waals surface area contributed by atoms with Gasteiger partial charge in [-0.15, -0.1) is 0 Å². The van der Waals surface area contributed by atoms with Crippen molar-refractivity contribution >= 4 is 17.5 Å². The summed E-state index contributed by atoms with van der Waals surface area (Å²) in [6.45, 7) is 4.16. The topological polar surface area (TPSA) is 66.6 Å². The van der Waals surface area contributed by atoms with Gasteiger partial charge in [0.15, 0.2) is 0 Å². The van der Waals surface area contributed by atoms with Crippen molar-refractivity contribution in [1.29, 1.82) is 0 Å². The molecule has 21 heavy (non-hydrogen) atoms. The zero-order chi connectivity index (χ0) is 15.0. The molecule has 5 nitrogen and oxygen atoms in total. The van der Waals surface area contributed by atoms with E-state index in [2.05, 4.69) is 11.8 Å². The first-order valence-corrected chi connectivity index (χ1v) is 7.50. The van der Waals surface area contributed by atoms with Gasteiger partial charge in [-0.05, 0) is 31.4 Å². The minimum atomic E-state index is -0.289. The Bertz CT molecular complexity index is 568. The smallest absolute Gasteiger partial charge is 0.242 e. The summed E-state index contributed by atoms with van der Waals surface area (Å²) in [6, 6.07) is 7.90. The second kappa shape index (κ2) is 5.39. The summed E-state index contributed by atoms with van der Waals surface area (Å²) in [4.78, 5) is 27.9. The highest BCUT2D eigenvalue weighted by Gasteiger charge is 2.34. The molecule has 2 heterocycles. The van der Waals surface area contributed by atoms with Gasteiger partial charge in [0, 0.05) is 24.8 Å². The number of carbonyl (C=O) groups is 2. The van der Waals surface area contributed by atoms with Crippen molar-refractivity contribution in [3.8, 4) is 0 Å². The molecule has 0 radical (unpaired) electrons. The molecule has 2 aliphatic heterocycles. The van der Waals surface area contributed by atoms with Crippen LogP contribution in [-0.4, -0.2) is 42.4 Å². The summed E-state index contributed by atoms with van der Waals surface area (Å²) in [6.07, 6.45) is 1.77. The summed E-state index contributed by atoms with van der Waals surface area (Å²) >= 11 is 0. The number of rotatable bonds is 3. The number of hydrogen-bond acceptors (Lipinski definition) is 3. The van der Waals surface area contributed by atoms with Gasteiger partial charge < -0.3 is 15.5 Å². The lowest BCUT2D eigenvalue weighted by atomic mass is 9.85. The van der Waals surface area contributed by atoms with Gasteiger partial charge in [0.2, 0.25) is 11.8 Å². The highest BCUT2D eigenvalue weighted by Crippen LogP contribution is 2.38. The highest BCUT2D eigenvalue weighted by molar-refractivity contribution is 5.87. The van der Waals surface area contributed by atoms with E-state index in [9.17, 15) is 9.59 Å². The van der Waals surface area contributed by atoms with Gasteiger partial charge in [-0.2, -0.15) is 0 Å². The van der Waals surface area contributed by atoms with E-state index >= 15 is 0 Å². The maximum atomic E-state index is 12.3. The molecule has 0 spiro atoms. The molecule has 2 atom stereocenters. The van der Waals surface area contributed by atoms with Gasteiger partial charge in [-0.1, -0.05) is 18.2 Å². The lowest BCUT2D eigenvalue weighted by Gasteiger charge is -2.41. The fourth-order valence-corrected chi connectivity index (χ4v) is 3.20. The molecule has 1 aromatic carbocycles. The SMILES string of the molecule is C[C@H]1C[C@@H](C(N)=O)c2ccccc2N1CC(=O)N1CCC1. The van der Waals surface area contributed by atoms with Crippen LogP contribution in [-0.2, 0) is 9.59 Å². The van der Waals surface area contributed by atoms with E-state index in [1.807, 2.05) is 29.2 Å². The molecular weight excluding hydrogens is 266 g/mol. The third-order valence-corrected chi connectivity index (χ3v) is 4.59. The maximum Gasteiger partial charge on any atom is 0.242 e. The molecule has 0 unspecified atom stereocenters. The number of benzene rings is 1. The van der Waals surface area contributed by atoms with Crippen molar-refractivity contribution in [2.75, 3.05) is 24.5 Å². The maximum absolute atomic E-state index is 12.3. The molecule has 1 saturated heterocycles. The molecule has 2 amide bonds. The average molecular weight is 287 g/mol. The Balaban J connectivity index is 1.87. The minimum absolute atomic E-state index is 0.127. The summed E-state index contributed by atoms with van der Waals surface area (Å²) in [5.41, 5.74) is 7.45. The molecule has 1 fully saturated rings. The van der Waals surface area contributed by atoms with E-state index in [0.717, 1.165) is 30.8 Å². The van der Waals surface area contributed by atoms with Crippen molar-refractivity contribution in [3.63, 3.8) is 0 Å². The van der Waals surface area contributed by atoms with Gasteiger partial charge in [0.05, 0.1) is 12.5 Å².